The molecule has 1 aliphatic rings. The minimum absolute atomic E-state index is 0.0866. The van der Waals surface area contributed by atoms with Gasteiger partial charge >= 0.3 is 5.97 Å². The molecule has 18 nitrogen and oxygen atoms in total. The van der Waals surface area contributed by atoms with Gasteiger partial charge in [-0.1, -0.05) is 69.1 Å². The van der Waals surface area contributed by atoms with Crippen LogP contribution in [0.2, 0.25) is 0 Å². The number of nitrogens with two attached hydrogens (primary N) is 1. The molecule has 366 valence electrons. The van der Waals surface area contributed by atoms with Crippen molar-refractivity contribution in [1.82, 2.24) is 36.8 Å². The summed E-state index contributed by atoms with van der Waals surface area (Å²) in [7, 11) is 0. The van der Waals surface area contributed by atoms with Crippen LogP contribution < -0.4 is 37.6 Å². The van der Waals surface area contributed by atoms with Crippen molar-refractivity contribution in [2.75, 3.05) is 24.6 Å². The van der Waals surface area contributed by atoms with Gasteiger partial charge in [-0.2, -0.15) is 11.8 Å². The number of aliphatic carboxylic acids is 1. The first-order chi connectivity index (χ1) is 30.5. The molecule has 0 aromatic rings. The Hall–Kier alpha value is -5.20. The van der Waals surface area contributed by atoms with Crippen molar-refractivity contribution in [1.29, 1.82) is 0 Å². The number of carbonyl (C=O) groups excluding carboxylic acids is 8. The van der Waals surface area contributed by atoms with Crippen LogP contribution in [-0.4, -0.2) is 124 Å². The van der Waals surface area contributed by atoms with E-state index >= 15 is 0 Å². The highest BCUT2D eigenvalue weighted by Gasteiger charge is 2.40. The molecule has 1 aliphatic heterocycles. The van der Waals surface area contributed by atoms with E-state index in [2.05, 4.69) is 70.9 Å². The van der Waals surface area contributed by atoms with E-state index in [1.165, 1.54) is 41.7 Å². The van der Waals surface area contributed by atoms with Gasteiger partial charge in [0.2, 0.25) is 47.3 Å². The number of allylic oxidation sites excluding steroid dienone is 5. The summed E-state index contributed by atoms with van der Waals surface area (Å²) in [5.41, 5.74) is 9.12. The number of likely N-dealkylation sites (tertiary alicyclic amines) is 1. The molecule has 19 heteroatoms. The number of nitrogens with one attached hydrogen (secondary N) is 6. The number of carbonyl (C=O) groups is 9. The van der Waals surface area contributed by atoms with Crippen LogP contribution in [0, 0.1) is 11.8 Å². The third-order valence-corrected chi connectivity index (χ3v) is 12.0. The van der Waals surface area contributed by atoms with E-state index in [1.807, 2.05) is 13.8 Å². The van der Waals surface area contributed by atoms with Crippen molar-refractivity contribution in [3.8, 4) is 0 Å². The molecule has 0 spiro atoms. The number of thioether (sulfide) groups is 1. The minimum Gasteiger partial charge on any atom is -0.480 e. The molecule has 0 radical (unpaired) electrons. The highest BCUT2D eigenvalue weighted by molar-refractivity contribution is 7.99. The van der Waals surface area contributed by atoms with Crippen molar-refractivity contribution in [3.05, 3.63) is 34.9 Å². The third-order valence-electron chi connectivity index (χ3n) is 11.0. The predicted molar refractivity (Wildman–Crippen MR) is 252 cm³/mol. The van der Waals surface area contributed by atoms with Crippen LogP contribution in [0.4, 0.5) is 0 Å². The number of rotatable bonds is 29. The molecule has 0 bridgehead atoms. The summed E-state index contributed by atoms with van der Waals surface area (Å²) < 4.78 is 0. The van der Waals surface area contributed by atoms with E-state index in [4.69, 9.17) is 5.73 Å². The average Bonchev–Trinajstić information content (AvgIpc) is 3.73. The van der Waals surface area contributed by atoms with Crippen molar-refractivity contribution in [3.63, 3.8) is 0 Å². The molecule has 1 unspecified atom stereocenters. The Morgan fingerprint density at radius 2 is 1.35 bits per heavy atom. The lowest BCUT2D eigenvalue weighted by molar-refractivity contribution is -0.142. The maximum absolute atomic E-state index is 14.2. The molecule has 7 atom stereocenters. The second-order valence-corrected chi connectivity index (χ2v) is 18.5. The first-order valence-electron chi connectivity index (χ1n) is 22.6. The summed E-state index contributed by atoms with van der Waals surface area (Å²) in [5, 5.41) is 24.9. The number of nitrogens with zero attached hydrogens (tertiary/aromatic N) is 1. The van der Waals surface area contributed by atoms with Crippen LogP contribution in [0.1, 0.15) is 127 Å². The van der Waals surface area contributed by atoms with Gasteiger partial charge in [-0.3, -0.25) is 43.2 Å². The Morgan fingerprint density at radius 1 is 0.754 bits per heavy atom. The van der Waals surface area contributed by atoms with Crippen molar-refractivity contribution in [2.24, 2.45) is 17.6 Å². The predicted octanol–water partition coefficient (Wildman–Crippen LogP) is 2.76. The van der Waals surface area contributed by atoms with E-state index < -0.39 is 108 Å². The van der Waals surface area contributed by atoms with Gasteiger partial charge in [-0.25, -0.2) is 0 Å². The summed E-state index contributed by atoms with van der Waals surface area (Å²) in [4.78, 5) is 118. The number of hydrogen-bond acceptors (Lipinski definition) is 10. The van der Waals surface area contributed by atoms with Gasteiger partial charge in [-0.15, -0.1) is 0 Å². The Labute approximate surface area is 389 Å². The molecule has 0 saturated carbocycles. The van der Waals surface area contributed by atoms with E-state index in [9.17, 15) is 48.3 Å². The lowest BCUT2D eigenvalue weighted by Gasteiger charge is -2.31. The largest absolute Gasteiger partial charge is 0.480 e. The van der Waals surface area contributed by atoms with Crippen LogP contribution in [0.3, 0.4) is 0 Å². The summed E-state index contributed by atoms with van der Waals surface area (Å²) in [5.74, 6) is -6.70. The first kappa shape index (κ1) is 57.8. The summed E-state index contributed by atoms with van der Waals surface area (Å²) >= 11 is 1.39. The maximum atomic E-state index is 14.2. The van der Waals surface area contributed by atoms with Crippen molar-refractivity contribution < 1.29 is 48.3 Å². The standard InChI is InChI=1S/C46H76N8O10S/c1-11-31(8)40(44(61)49-32(9)46(63)64)53-43(60)39(28(4)5)52-41(58)35(26-65-24-22-30(7)18-13-17-29(6)16-12-15-27(2)3)51-42(59)36-19-14-23-54(36)45(62)34(20-21-37(47)56)50-38(57)25-48-33(10)55/h15,17,22,28,31-32,34-36,39-40H,11-14,16,18-21,23-26H2,1-10H3,(H2,47,56)(H,48,55)(H,49,61)(H,50,57)(H,51,59)(H,52,58)(H,53,60)(H,63,64)/b29-17+,30-22+/t31-,32-,34-,35?,36-,39-,40+/m0/s1. The molecule has 8 amide bonds. The van der Waals surface area contributed by atoms with E-state index in [1.54, 1.807) is 20.8 Å². The highest BCUT2D eigenvalue weighted by Crippen LogP contribution is 2.21. The molecule has 9 N–H and O–H groups in total. The number of primary amides is 1. The molecule has 0 aromatic carbocycles. The van der Waals surface area contributed by atoms with Gasteiger partial charge in [0, 0.05) is 31.4 Å². The van der Waals surface area contributed by atoms with Gasteiger partial charge in [0.15, 0.2) is 0 Å². The highest BCUT2D eigenvalue weighted by atomic mass is 32.2. The Kier molecular flexibility index (Phi) is 26.8. The van der Waals surface area contributed by atoms with Crippen LogP contribution in [0.15, 0.2) is 34.9 Å². The molecular formula is C46H76N8O10S. The molecule has 1 saturated heterocycles. The van der Waals surface area contributed by atoms with Crippen LogP contribution in [-0.2, 0) is 43.2 Å². The SMILES string of the molecule is CC[C@H](C)[C@@H](NC(=O)[C@@H](NC(=O)C(CSC/C=C(\C)CC/C=C(\C)CCC=C(C)C)NC(=O)[C@@H]1CCCN1C(=O)[C@H](CCC(N)=O)NC(=O)CNC(C)=O)C(C)C)C(=O)N[C@@H](C)C(=O)O. The van der Waals surface area contributed by atoms with E-state index in [0.717, 1.165) is 31.3 Å². The van der Waals surface area contributed by atoms with Crippen molar-refractivity contribution in [2.45, 2.75) is 163 Å². The lowest BCUT2D eigenvalue weighted by atomic mass is 9.96. The normalized spacial score (nSPS) is 16.8. The van der Waals surface area contributed by atoms with Crippen LogP contribution >= 0.6 is 11.8 Å². The molecule has 1 heterocycles. The van der Waals surface area contributed by atoms with Crippen molar-refractivity contribution >= 4 is 65.0 Å². The molecular weight excluding hydrogens is 857 g/mol. The number of amides is 8. The molecule has 0 aromatic heterocycles. The lowest BCUT2D eigenvalue weighted by Crippen LogP contribution is -2.61. The Balaban J connectivity index is 3.38. The molecule has 1 rings (SSSR count). The van der Waals surface area contributed by atoms with Gasteiger partial charge < -0.3 is 47.6 Å². The Bertz CT molecular complexity index is 1760. The first-order valence-corrected chi connectivity index (χ1v) is 23.7. The number of carboxylic acids is 1. The number of hydrogen-bond donors (Lipinski definition) is 8. The second-order valence-electron chi connectivity index (χ2n) is 17.5. The zero-order chi connectivity index (χ0) is 49.4. The van der Waals surface area contributed by atoms with Gasteiger partial charge in [0.1, 0.15) is 36.3 Å². The third kappa shape index (κ3) is 22.5. The fraction of sp³-hybridized carbons (Fsp3) is 0.674. The molecule has 1 fully saturated rings. The fourth-order valence-corrected chi connectivity index (χ4v) is 7.78. The quantitative estimate of drug-likeness (QED) is 0.0399. The molecule has 0 aliphatic carbocycles. The fourth-order valence-electron chi connectivity index (χ4n) is 6.77. The Morgan fingerprint density at radius 3 is 1.92 bits per heavy atom. The topological polar surface area (TPSA) is 275 Å². The summed E-state index contributed by atoms with van der Waals surface area (Å²) in [6.07, 6.45) is 11.0. The minimum atomic E-state index is -1.25. The van der Waals surface area contributed by atoms with Crippen LogP contribution in [0.5, 0.6) is 0 Å². The van der Waals surface area contributed by atoms with Gasteiger partial charge in [0.25, 0.3) is 0 Å². The van der Waals surface area contributed by atoms with E-state index in [-0.39, 0.29) is 31.6 Å². The zero-order valence-corrected chi connectivity index (χ0v) is 40.9. The van der Waals surface area contributed by atoms with Crippen LogP contribution in [0.25, 0.3) is 0 Å². The maximum Gasteiger partial charge on any atom is 0.325 e. The monoisotopic (exact) mass is 933 g/mol. The zero-order valence-electron chi connectivity index (χ0n) is 40.1. The summed E-state index contributed by atoms with van der Waals surface area (Å²) in [6.45, 7) is 17.6. The average molecular weight is 933 g/mol. The second kappa shape index (κ2) is 30.1. The molecule has 65 heavy (non-hydrogen) atoms. The van der Waals surface area contributed by atoms with Gasteiger partial charge in [-0.05, 0) is 91.4 Å². The van der Waals surface area contributed by atoms with E-state index in [0.29, 0.717) is 18.6 Å². The smallest absolute Gasteiger partial charge is 0.325 e. The number of carboxylic acid groups (broad SMARTS) is 1. The summed E-state index contributed by atoms with van der Waals surface area (Å²) in [6, 6.07) is -6.95. The van der Waals surface area contributed by atoms with Gasteiger partial charge in [0.05, 0.1) is 6.54 Å².